The van der Waals surface area contributed by atoms with Gasteiger partial charge in [-0.1, -0.05) is 24.3 Å². The van der Waals surface area contributed by atoms with E-state index in [2.05, 4.69) is 6.07 Å². The molecule has 102 valence electrons. The molecular formula is C17H17NO2. The van der Waals surface area contributed by atoms with E-state index < -0.39 is 0 Å². The van der Waals surface area contributed by atoms with Gasteiger partial charge in [0.1, 0.15) is 17.6 Å². The van der Waals surface area contributed by atoms with E-state index in [9.17, 15) is 5.26 Å². The van der Waals surface area contributed by atoms with Crippen LogP contribution in [0.2, 0.25) is 0 Å². The molecule has 2 aromatic rings. The van der Waals surface area contributed by atoms with Gasteiger partial charge >= 0.3 is 0 Å². The number of para-hydroxylation sites is 1. The lowest BCUT2D eigenvalue weighted by Gasteiger charge is -2.13. The van der Waals surface area contributed by atoms with Crippen molar-refractivity contribution in [2.45, 2.75) is 20.0 Å². The molecule has 0 bridgehead atoms. The van der Waals surface area contributed by atoms with Crippen molar-refractivity contribution in [3.63, 3.8) is 0 Å². The lowest BCUT2D eigenvalue weighted by Crippen LogP contribution is -2.06. The van der Waals surface area contributed by atoms with E-state index >= 15 is 0 Å². The standard InChI is InChI=1S/C17H17NO2/c1-12(2)20-16-9-8-13(10-14(16)11-18)15-6-4-5-7-17(15)19-3/h4-10,12H,1-3H3. The van der Waals surface area contributed by atoms with Crippen molar-refractivity contribution < 1.29 is 9.47 Å². The Hall–Kier alpha value is -2.47. The quantitative estimate of drug-likeness (QED) is 0.840. The molecule has 20 heavy (non-hydrogen) atoms. The number of benzene rings is 2. The van der Waals surface area contributed by atoms with Gasteiger partial charge in [-0.15, -0.1) is 0 Å². The summed E-state index contributed by atoms with van der Waals surface area (Å²) in [6, 6.07) is 15.5. The second kappa shape index (κ2) is 6.12. The zero-order valence-electron chi connectivity index (χ0n) is 11.9. The number of ether oxygens (including phenoxy) is 2. The van der Waals surface area contributed by atoms with Gasteiger partial charge < -0.3 is 9.47 Å². The maximum atomic E-state index is 9.27. The summed E-state index contributed by atoms with van der Waals surface area (Å²) in [6.45, 7) is 3.88. The molecule has 3 nitrogen and oxygen atoms in total. The smallest absolute Gasteiger partial charge is 0.137 e. The predicted octanol–water partition coefficient (Wildman–Crippen LogP) is 4.02. The van der Waals surface area contributed by atoms with E-state index in [1.54, 1.807) is 7.11 Å². The third-order valence-electron chi connectivity index (χ3n) is 2.88. The Labute approximate surface area is 119 Å². The fraction of sp³-hybridized carbons (Fsp3) is 0.235. The Bertz CT molecular complexity index is 642. The third kappa shape index (κ3) is 2.92. The molecule has 2 aromatic carbocycles. The van der Waals surface area contributed by atoms with Gasteiger partial charge in [0.2, 0.25) is 0 Å². The second-order valence-electron chi connectivity index (χ2n) is 4.69. The minimum atomic E-state index is 0.0409. The molecule has 0 fully saturated rings. The van der Waals surface area contributed by atoms with Gasteiger partial charge in [0, 0.05) is 5.56 Å². The largest absolute Gasteiger partial charge is 0.496 e. The summed E-state index contributed by atoms with van der Waals surface area (Å²) >= 11 is 0. The van der Waals surface area contributed by atoms with Gasteiger partial charge in [0.25, 0.3) is 0 Å². The first kappa shape index (κ1) is 14.0. The Kier molecular flexibility index (Phi) is 4.27. The first-order valence-electron chi connectivity index (χ1n) is 6.50. The lowest BCUT2D eigenvalue weighted by atomic mass is 10.0. The summed E-state index contributed by atoms with van der Waals surface area (Å²) in [6.07, 6.45) is 0.0409. The van der Waals surface area contributed by atoms with Crippen LogP contribution in [0, 0.1) is 11.3 Å². The van der Waals surface area contributed by atoms with Crippen LogP contribution in [-0.2, 0) is 0 Å². The molecule has 0 heterocycles. The van der Waals surface area contributed by atoms with Crippen molar-refractivity contribution in [1.82, 2.24) is 0 Å². The molecule has 0 spiro atoms. The first-order chi connectivity index (χ1) is 9.65. The summed E-state index contributed by atoms with van der Waals surface area (Å²) in [5.74, 6) is 1.40. The third-order valence-corrected chi connectivity index (χ3v) is 2.88. The van der Waals surface area contributed by atoms with Gasteiger partial charge in [-0.3, -0.25) is 0 Å². The van der Waals surface area contributed by atoms with Gasteiger partial charge in [0.05, 0.1) is 18.8 Å². The number of methoxy groups -OCH3 is 1. The highest BCUT2D eigenvalue weighted by atomic mass is 16.5. The molecule has 0 aromatic heterocycles. The van der Waals surface area contributed by atoms with Crippen LogP contribution in [0.5, 0.6) is 11.5 Å². The molecule has 0 saturated heterocycles. The lowest BCUT2D eigenvalue weighted by molar-refractivity contribution is 0.242. The second-order valence-corrected chi connectivity index (χ2v) is 4.69. The monoisotopic (exact) mass is 267 g/mol. The van der Waals surface area contributed by atoms with Crippen LogP contribution in [-0.4, -0.2) is 13.2 Å². The molecule has 0 amide bonds. The van der Waals surface area contributed by atoms with E-state index in [4.69, 9.17) is 9.47 Å². The molecule has 3 heteroatoms. The Balaban J connectivity index is 2.47. The first-order valence-corrected chi connectivity index (χ1v) is 6.50. The van der Waals surface area contributed by atoms with Crippen LogP contribution in [0.15, 0.2) is 42.5 Å². The minimum absolute atomic E-state index is 0.0409. The molecule has 0 saturated carbocycles. The van der Waals surface area contributed by atoms with Crippen molar-refractivity contribution in [1.29, 1.82) is 5.26 Å². The van der Waals surface area contributed by atoms with Gasteiger partial charge in [-0.25, -0.2) is 0 Å². The highest BCUT2D eigenvalue weighted by Gasteiger charge is 2.10. The van der Waals surface area contributed by atoms with Crippen LogP contribution in [0.4, 0.5) is 0 Å². The zero-order valence-corrected chi connectivity index (χ0v) is 11.9. The van der Waals surface area contributed by atoms with Crippen LogP contribution in [0.3, 0.4) is 0 Å². The maximum Gasteiger partial charge on any atom is 0.137 e. The Morgan fingerprint density at radius 3 is 2.45 bits per heavy atom. The van der Waals surface area contributed by atoms with Crippen LogP contribution < -0.4 is 9.47 Å². The van der Waals surface area contributed by atoms with E-state index in [1.807, 2.05) is 56.3 Å². The van der Waals surface area contributed by atoms with Gasteiger partial charge in [0.15, 0.2) is 0 Å². The average Bonchev–Trinajstić information content (AvgIpc) is 2.47. The Morgan fingerprint density at radius 2 is 1.80 bits per heavy atom. The topological polar surface area (TPSA) is 42.2 Å². The molecule has 0 aliphatic carbocycles. The molecular weight excluding hydrogens is 250 g/mol. The van der Waals surface area contributed by atoms with Crippen LogP contribution in [0.25, 0.3) is 11.1 Å². The highest BCUT2D eigenvalue weighted by molar-refractivity contribution is 5.72. The van der Waals surface area contributed by atoms with Gasteiger partial charge in [-0.05, 0) is 37.6 Å². The summed E-state index contributed by atoms with van der Waals surface area (Å²) in [5, 5.41) is 9.27. The molecule has 2 rings (SSSR count). The van der Waals surface area contributed by atoms with E-state index in [0.717, 1.165) is 16.9 Å². The summed E-state index contributed by atoms with van der Waals surface area (Å²) in [7, 11) is 1.64. The minimum Gasteiger partial charge on any atom is -0.496 e. The van der Waals surface area contributed by atoms with Crippen LogP contribution >= 0.6 is 0 Å². The molecule has 0 radical (unpaired) electrons. The zero-order chi connectivity index (χ0) is 14.5. The number of rotatable bonds is 4. The normalized spacial score (nSPS) is 10.2. The molecule has 0 unspecified atom stereocenters. The van der Waals surface area contributed by atoms with Crippen molar-refractivity contribution in [2.24, 2.45) is 0 Å². The van der Waals surface area contributed by atoms with Crippen molar-refractivity contribution >= 4 is 0 Å². The Morgan fingerprint density at radius 1 is 1.05 bits per heavy atom. The number of nitrogens with zero attached hydrogens (tertiary/aromatic N) is 1. The van der Waals surface area contributed by atoms with Crippen molar-refractivity contribution in [3.8, 4) is 28.7 Å². The summed E-state index contributed by atoms with van der Waals surface area (Å²) in [5.41, 5.74) is 2.43. The molecule has 0 aliphatic rings. The van der Waals surface area contributed by atoms with Crippen LogP contribution in [0.1, 0.15) is 19.4 Å². The fourth-order valence-electron chi connectivity index (χ4n) is 2.02. The number of hydrogen-bond donors (Lipinski definition) is 0. The maximum absolute atomic E-state index is 9.27. The molecule has 0 N–H and O–H groups in total. The van der Waals surface area contributed by atoms with Crippen molar-refractivity contribution in [2.75, 3.05) is 7.11 Å². The molecule has 0 aliphatic heterocycles. The average molecular weight is 267 g/mol. The van der Waals surface area contributed by atoms with E-state index in [-0.39, 0.29) is 6.10 Å². The SMILES string of the molecule is COc1ccccc1-c1ccc(OC(C)C)c(C#N)c1. The predicted molar refractivity (Wildman–Crippen MR) is 78.9 cm³/mol. The molecule has 0 atom stereocenters. The summed E-state index contributed by atoms with van der Waals surface area (Å²) < 4.78 is 11.0. The van der Waals surface area contributed by atoms with E-state index in [0.29, 0.717) is 11.3 Å². The number of hydrogen-bond acceptors (Lipinski definition) is 3. The van der Waals surface area contributed by atoms with Gasteiger partial charge in [-0.2, -0.15) is 5.26 Å². The van der Waals surface area contributed by atoms with E-state index in [1.165, 1.54) is 0 Å². The summed E-state index contributed by atoms with van der Waals surface area (Å²) in [4.78, 5) is 0. The van der Waals surface area contributed by atoms with Crippen molar-refractivity contribution in [3.05, 3.63) is 48.0 Å². The number of nitriles is 1. The highest BCUT2D eigenvalue weighted by Crippen LogP contribution is 2.32. The fourth-order valence-corrected chi connectivity index (χ4v) is 2.02.